The van der Waals surface area contributed by atoms with Crippen LogP contribution < -0.4 is 10.6 Å². The third kappa shape index (κ3) is 4.72. The Labute approximate surface area is 195 Å². The van der Waals surface area contributed by atoms with Gasteiger partial charge in [-0.2, -0.15) is 0 Å². The predicted molar refractivity (Wildman–Crippen MR) is 123 cm³/mol. The highest BCUT2D eigenvalue weighted by atomic mass is 16.6. The van der Waals surface area contributed by atoms with Crippen molar-refractivity contribution < 1.29 is 24.1 Å². The van der Waals surface area contributed by atoms with Gasteiger partial charge in [0.2, 0.25) is 5.91 Å². The summed E-state index contributed by atoms with van der Waals surface area (Å²) in [7, 11) is 0. The van der Waals surface area contributed by atoms with Gasteiger partial charge in [-0.15, -0.1) is 0 Å². The van der Waals surface area contributed by atoms with Crippen molar-refractivity contribution in [3.63, 3.8) is 0 Å². The molecule has 0 unspecified atom stereocenters. The number of benzene rings is 2. The van der Waals surface area contributed by atoms with Crippen LogP contribution in [0.1, 0.15) is 36.7 Å². The number of amides is 5. The maximum Gasteiger partial charge on any atom is 0.325 e. The van der Waals surface area contributed by atoms with Crippen LogP contribution in [0.25, 0.3) is 0 Å². The Morgan fingerprint density at radius 1 is 1.06 bits per heavy atom. The molecule has 2 aromatic rings. The first kappa shape index (κ1) is 24.4. The van der Waals surface area contributed by atoms with E-state index in [9.17, 15) is 29.3 Å². The molecule has 1 heterocycles. The van der Waals surface area contributed by atoms with Gasteiger partial charge in [0.25, 0.3) is 17.5 Å². The molecule has 34 heavy (non-hydrogen) atoms. The summed E-state index contributed by atoms with van der Waals surface area (Å²) < 4.78 is 0. The van der Waals surface area contributed by atoms with Gasteiger partial charge >= 0.3 is 6.03 Å². The normalized spacial score (nSPS) is 17.3. The molecule has 2 N–H and O–H groups in total. The fraction of sp³-hybridized carbons (Fsp3) is 0.304. The third-order valence-corrected chi connectivity index (χ3v) is 5.70. The van der Waals surface area contributed by atoms with Gasteiger partial charge in [-0.25, -0.2) is 4.79 Å². The molecule has 1 atom stereocenters. The largest absolute Gasteiger partial charge is 0.339 e. The summed E-state index contributed by atoms with van der Waals surface area (Å²) >= 11 is 0. The number of carbonyl (C=O) groups excluding carboxylic acids is 4. The van der Waals surface area contributed by atoms with Crippen molar-refractivity contribution >= 4 is 35.1 Å². The van der Waals surface area contributed by atoms with E-state index in [1.165, 1.54) is 31.2 Å². The summed E-state index contributed by atoms with van der Waals surface area (Å²) in [6.45, 7) is 5.89. The number of non-ortho nitro benzene ring substituents is 1. The molecule has 1 aliphatic heterocycles. The number of hydrogen-bond acceptors (Lipinski definition) is 6. The van der Waals surface area contributed by atoms with Crippen LogP contribution >= 0.6 is 0 Å². The SMILES string of the molecule is CCN(CC)C(=O)c1ccc(NC(=O)CN2C(=O)N[C@](C)(c3ccc([N+](=O)[O-])cc3)C2=O)cc1. The van der Waals surface area contributed by atoms with Gasteiger partial charge in [-0.3, -0.25) is 29.4 Å². The van der Waals surface area contributed by atoms with Crippen LogP contribution in [0.3, 0.4) is 0 Å². The van der Waals surface area contributed by atoms with Crippen molar-refractivity contribution in [2.24, 2.45) is 0 Å². The van der Waals surface area contributed by atoms with Crippen molar-refractivity contribution in [3.05, 3.63) is 69.8 Å². The van der Waals surface area contributed by atoms with E-state index >= 15 is 0 Å². The predicted octanol–water partition coefficient (Wildman–Crippen LogP) is 2.48. The lowest BCUT2D eigenvalue weighted by atomic mass is 9.92. The van der Waals surface area contributed by atoms with Gasteiger partial charge in [0.1, 0.15) is 12.1 Å². The fourth-order valence-electron chi connectivity index (χ4n) is 3.69. The Morgan fingerprint density at radius 2 is 1.65 bits per heavy atom. The Kier molecular flexibility index (Phi) is 6.94. The number of hydrogen-bond donors (Lipinski definition) is 2. The van der Waals surface area contributed by atoms with Crippen LogP contribution in [0.15, 0.2) is 48.5 Å². The van der Waals surface area contributed by atoms with E-state index in [0.717, 1.165) is 4.90 Å². The summed E-state index contributed by atoms with van der Waals surface area (Å²) in [4.78, 5) is 63.1. The molecule has 0 aliphatic carbocycles. The van der Waals surface area contributed by atoms with E-state index in [4.69, 9.17) is 0 Å². The van der Waals surface area contributed by atoms with Crippen LogP contribution in [0.2, 0.25) is 0 Å². The van der Waals surface area contributed by atoms with Crippen molar-refractivity contribution in [1.82, 2.24) is 15.1 Å². The van der Waals surface area contributed by atoms with Gasteiger partial charge in [0.05, 0.1) is 4.92 Å². The van der Waals surface area contributed by atoms with E-state index in [0.29, 0.717) is 29.9 Å². The number of rotatable bonds is 8. The minimum absolute atomic E-state index is 0.118. The quantitative estimate of drug-likeness (QED) is 0.347. The van der Waals surface area contributed by atoms with Gasteiger partial charge in [-0.05, 0) is 62.7 Å². The second kappa shape index (κ2) is 9.69. The van der Waals surface area contributed by atoms with Crippen LogP contribution in [-0.4, -0.2) is 58.1 Å². The number of nitrogens with one attached hydrogen (secondary N) is 2. The van der Waals surface area contributed by atoms with Crippen LogP contribution in [0.5, 0.6) is 0 Å². The number of nitrogens with zero attached hydrogens (tertiary/aromatic N) is 3. The molecule has 3 rings (SSSR count). The second-order valence-corrected chi connectivity index (χ2v) is 7.85. The lowest BCUT2D eigenvalue weighted by Gasteiger charge is -2.22. The molecule has 1 saturated heterocycles. The average Bonchev–Trinajstić information content (AvgIpc) is 3.04. The van der Waals surface area contributed by atoms with Gasteiger partial charge < -0.3 is 15.5 Å². The molecule has 11 heteroatoms. The molecular weight excluding hydrogens is 442 g/mol. The lowest BCUT2D eigenvalue weighted by molar-refractivity contribution is -0.384. The third-order valence-electron chi connectivity index (χ3n) is 5.70. The van der Waals surface area contributed by atoms with Crippen molar-refractivity contribution in [1.29, 1.82) is 0 Å². The molecule has 1 fully saturated rings. The maximum absolute atomic E-state index is 13.0. The Morgan fingerprint density at radius 3 is 2.18 bits per heavy atom. The molecule has 0 radical (unpaired) electrons. The Balaban J connectivity index is 1.67. The number of imide groups is 1. The van der Waals surface area contributed by atoms with E-state index < -0.39 is 34.9 Å². The first-order chi connectivity index (χ1) is 16.1. The van der Waals surface area contributed by atoms with E-state index in [-0.39, 0.29) is 11.6 Å². The van der Waals surface area contributed by atoms with E-state index in [2.05, 4.69) is 10.6 Å². The first-order valence-corrected chi connectivity index (χ1v) is 10.7. The molecule has 2 aromatic carbocycles. The molecule has 178 valence electrons. The molecule has 0 saturated carbocycles. The number of nitro benzene ring substituents is 1. The number of carbonyl (C=O) groups is 4. The van der Waals surface area contributed by atoms with Gasteiger partial charge in [0, 0.05) is 36.5 Å². The van der Waals surface area contributed by atoms with Gasteiger partial charge in [0.15, 0.2) is 0 Å². The number of urea groups is 1. The standard InChI is InChI=1S/C23H25N5O6/c1-4-26(5-2)20(30)15-6-10-17(11-7-15)24-19(29)14-27-21(31)23(3,25-22(27)32)16-8-12-18(13-9-16)28(33)34/h6-13H,4-5,14H2,1-3H3,(H,24,29)(H,25,32)/t23-/m1/s1. The summed E-state index contributed by atoms with van der Waals surface area (Å²) in [5.41, 5.74) is -0.363. The zero-order valence-corrected chi connectivity index (χ0v) is 19.0. The van der Waals surface area contributed by atoms with Crippen molar-refractivity contribution in [3.8, 4) is 0 Å². The zero-order valence-electron chi connectivity index (χ0n) is 19.0. The molecule has 5 amide bonds. The van der Waals surface area contributed by atoms with Crippen LogP contribution in [0.4, 0.5) is 16.2 Å². The molecular formula is C23H25N5O6. The molecule has 0 bridgehead atoms. The van der Waals surface area contributed by atoms with Crippen molar-refractivity contribution in [2.75, 3.05) is 25.0 Å². The first-order valence-electron chi connectivity index (χ1n) is 10.7. The lowest BCUT2D eigenvalue weighted by Crippen LogP contribution is -2.42. The topological polar surface area (TPSA) is 142 Å². The maximum atomic E-state index is 13.0. The Hall–Kier alpha value is -4.28. The van der Waals surface area contributed by atoms with Crippen molar-refractivity contribution in [2.45, 2.75) is 26.3 Å². The van der Waals surface area contributed by atoms with Crippen LogP contribution in [-0.2, 0) is 15.1 Å². The molecule has 0 spiro atoms. The highest BCUT2D eigenvalue weighted by molar-refractivity contribution is 6.10. The highest BCUT2D eigenvalue weighted by Crippen LogP contribution is 2.30. The minimum Gasteiger partial charge on any atom is -0.339 e. The fourth-order valence-corrected chi connectivity index (χ4v) is 3.69. The van der Waals surface area contributed by atoms with Crippen LogP contribution in [0, 0.1) is 10.1 Å². The number of nitro groups is 1. The minimum atomic E-state index is -1.46. The number of anilines is 1. The second-order valence-electron chi connectivity index (χ2n) is 7.85. The zero-order chi connectivity index (χ0) is 25.0. The molecule has 0 aromatic heterocycles. The van der Waals surface area contributed by atoms with E-state index in [1.54, 1.807) is 29.2 Å². The smallest absolute Gasteiger partial charge is 0.325 e. The Bertz CT molecular complexity index is 1130. The average molecular weight is 467 g/mol. The monoisotopic (exact) mass is 467 g/mol. The summed E-state index contributed by atoms with van der Waals surface area (Å²) in [5.74, 6) is -1.37. The van der Waals surface area contributed by atoms with E-state index in [1.807, 2.05) is 13.8 Å². The summed E-state index contributed by atoms with van der Waals surface area (Å²) in [5, 5.41) is 16.0. The summed E-state index contributed by atoms with van der Waals surface area (Å²) in [6, 6.07) is 10.8. The molecule has 11 nitrogen and oxygen atoms in total. The molecule has 1 aliphatic rings. The highest BCUT2D eigenvalue weighted by Gasteiger charge is 2.49. The van der Waals surface area contributed by atoms with Gasteiger partial charge in [-0.1, -0.05) is 0 Å². The summed E-state index contributed by atoms with van der Waals surface area (Å²) in [6.07, 6.45) is 0.